The van der Waals surface area contributed by atoms with Gasteiger partial charge in [-0.2, -0.15) is 0 Å². The Hall–Kier alpha value is -3.33. The van der Waals surface area contributed by atoms with E-state index in [0.29, 0.717) is 0 Å². The summed E-state index contributed by atoms with van der Waals surface area (Å²) in [6, 6.07) is 17.7. The van der Waals surface area contributed by atoms with E-state index >= 15 is 0 Å². The SMILES string of the molecule is CC[N+](CC)=C1/C(=C/C=C2/N(C)c3ccccc3C2(C)C)CCC/C1=C\C=C1\N(C)c2ccccc2C1(C)C. The van der Waals surface area contributed by atoms with Crippen molar-refractivity contribution < 1.29 is 4.58 Å². The van der Waals surface area contributed by atoms with Crippen molar-refractivity contribution in [3.63, 3.8) is 0 Å². The number of para-hydroxylation sites is 2. The van der Waals surface area contributed by atoms with Gasteiger partial charge < -0.3 is 9.80 Å². The van der Waals surface area contributed by atoms with Gasteiger partial charge >= 0.3 is 0 Å². The maximum absolute atomic E-state index is 2.56. The molecule has 0 unspecified atom stereocenters. The minimum absolute atomic E-state index is 0.0107. The molecule has 2 aromatic carbocycles. The Morgan fingerprint density at radius 2 is 1.08 bits per heavy atom. The average Bonchev–Trinajstić information content (AvgIpc) is 3.25. The lowest BCUT2D eigenvalue weighted by Gasteiger charge is -2.25. The summed E-state index contributed by atoms with van der Waals surface area (Å²) in [5.74, 6) is 0. The third-order valence-electron chi connectivity index (χ3n) is 9.35. The lowest BCUT2D eigenvalue weighted by atomic mass is 9.82. The van der Waals surface area contributed by atoms with E-state index in [0.717, 1.165) is 25.9 Å². The van der Waals surface area contributed by atoms with E-state index in [1.165, 1.54) is 57.2 Å². The van der Waals surface area contributed by atoms with Crippen LogP contribution in [0.2, 0.25) is 0 Å². The molecule has 0 aromatic heterocycles. The summed E-state index contributed by atoms with van der Waals surface area (Å²) in [5.41, 5.74) is 12.5. The second-order valence-electron chi connectivity index (χ2n) is 12.3. The highest BCUT2D eigenvalue weighted by Gasteiger charge is 2.39. The minimum atomic E-state index is -0.0107. The molecule has 2 aromatic rings. The van der Waals surface area contributed by atoms with Gasteiger partial charge in [-0.25, -0.2) is 4.58 Å². The summed E-state index contributed by atoms with van der Waals surface area (Å²) < 4.78 is 2.56. The molecule has 39 heavy (non-hydrogen) atoms. The summed E-state index contributed by atoms with van der Waals surface area (Å²) in [4.78, 5) is 4.76. The average molecular weight is 521 g/mol. The van der Waals surface area contributed by atoms with Crippen LogP contribution in [-0.4, -0.2) is 37.5 Å². The van der Waals surface area contributed by atoms with E-state index in [9.17, 15) is 0 Å². The molecule has 0 bridgehead atoms. The van der Waals surface area contributed by atoms with E-state index in [2.05, 4.69) is 143 Å². The largest absolute Gasteiger partial charge is 0.347 e. The Bertz CT molecular complexity index is 1320. The predicted molar refractivity (Wildman–Crippen MR) is 168 cm³/mol. The number of rotatable bonds is 4. The van der Waals surface area contributed by atoms with E-state index in [1.807, 2.05) is 0 Å². The third kappa shape index (κ3) is 4.50. The van der Waals surface area contributed by atoms with Crippen LogP contribution in [0.3, 0.4) is 0 Å². The van der Waals surface area contributed by atoms with Gasteiger partial charge in [0.1, 0.15) is 13.1 Å². The monoisotopic (exact) mass is 520 g/mol. The molecule has 0 N–H and O–H groups in total. The molecule has 2 aliphatic heterocycles. The van der Waals surface area contributed by atoms with Crippen LogP contribution >= 0.6 is 0 Å². The molecule has 0 radical (unpaired) electrons. The highest BCUT2D eigenvalue weighted by molar-refractivity contribution is 6.10. The highest BCUT2D eigenvalue weighted by Crippen LogP contribution is 2.48. The van der Waals surface area contributed by atoms with Crippen LogP contribution in [0.4, 0.5) is 11.4 Å². The van der Waals surface area contributed by atoms with Crippen molar-refractivity contribution >= 4 is 17.1 Å². The van der Waals surface area contributed by atoms with Crippen molar-refractivity contribution in [2.45, 2.75) is 71.6 Å². The van der Waals surface area contributed by atoms with Gasteiger partial charge in [0.05, 0.1) is 0 Å². The molecule has 0 atom stereocenters. The summed E-state index contributed by atoms with van der Waals surface area (Å²) in [6.45, 7) is 16.0. The Labute approximate surface area is 236 Å². The lowest BCUT2D eigenvalue weighted by Crippen LogP contribution is -2.28. The standard InChI is InChI=1S/C36H46N3/c1-9-39(10-2)34-26(22-24-32-35(3,4)28-18-11-13-20-30(28)37(32)7)16-15-17-27(34)23-25-33-36(5,6)29-19-12-14-21-31(29)38(33)8/h11-14,18-25H,9-10,15-17H2,1-8H3/q+1. The molecule has 0 saturated heterocycles. The highest BCUT2D eigenvalue weighted by atomic mass is 15.2. The Kier molecular flexibility index (Phi) is 7.22. The molecule has 3 nitrogen and oxygen atoms in total. The molecule has 204 valence electrons. The fraction of sp³-hybridized carbons (Fsp3) is 0.417. The van der Waals surface area contributed by atoms with Gasteiger partial charge in [-0.15, -0.1) is 0 Å². The van der Waals surface area contributed by atoms with Gasteiger partial charge in [0, 0.05) is 58.8 Å². The van der Waals surface area contributed by atoms with Crippen molar-refractivity contribution in [1.29, 1.82) is 0 Å². The first-order chi connectivity index (χ1) is 18.6. The molecule has 3 heteroatoms. The predicted octanol–water partition coefficient (Wildman–Crippen LogP) is 8.14. The van der Waals surface area contributed by atoms with Gasteiger partial charge in [0.25, 0.3) is 0 Å². The molecular weight excluding hydrogens is 474 g/mol. The van der Waals surface area contributed by atoms with Crippen molar-refractivity contribution in [2.75, 3.05) is 37.0 Å². The van der Waals surface area contributed by atoms with E-state index in [-0.39, 0.29) is 10.8 Å². The smallest absolute Gasteiger partial charge is 0.206 e. The number of hydrogen-bond donors (Lipinski definition) is 0. The van der Waals surface area contributed by atoms with Gasteiger partial charge in [-0.3, -0.25) is 0 Å². The second-order valence-corrected chi connectivity index (χ2v) is 12.3. The third-order valence-corrected chi connectivity index (χ3v) is 9.35. The first-order valence-electron chi connectivity index (χ1n) is 14.7. The van der Waals surface area contributed by atoms with E-state index < -0.39 is 0 Å². The van der Waals surface area contributed by atoms with Gasteiger partial charge in [0.15, 0.2) is 0 Å². The zero-order valence-corrected chi connectivity index (χ0v) is 25.3. The molecule has 1 saturated carbocycles. The minimum Gasteiger partial charge on any atom is -0.347 e. The van der Waals surface area contributed by atoms with Crippen molar-refractivity contribution in [3.05, 3.63) is 107 Å². The summed E-state index contributed by atoms with van der Waals surface area (Å²) in [7, 11) is 4.42. The first kappa shape index (κ1) is 27.2. The number of fused-ring (bicyclic) bond motifs is 2. The van der Waals surface area contributed by atoms with Gasteiger partial charge in [0.2, 0.25) is 5.71 Å². The molecule has 3 aliphatic rings. The summed E-state index contributed by atoms with van der Waals surface area (Å²) in [5, 5.41) is 0. The molecule has 1 fully saturated rings. The molecule has 0 spiro atoms. The van der Waals surface area contributed by atoms with E-state index in [1.54, 1.807) is 0 Å². The fourth-order valence-corrected chi connectivity index (χ4v) is 7.15. The number of nitrogens with zero attached hydrogens (tertiary/aromatic N) is 3. The number of hydrogen-bond acceptors (Lipinski definition) is 2. The quantitative estimate of drug-likeness (QED) is 0.376. The van der Waals surface area contributed by atoms with Gasteiger partial charge in [-0.1, -0.05) is 76.2 Å². The number of likely N-dealkylation sites (N-methyl/N-ethyl adjacent to an activating group) is 2. The van der Waals surface area contributed by atoms with Crippen molar-refractivity contribution in [1.82, 2.24) is 0 Å². The van der Waals surface area contributed by atoms with Crippen LogP contribution in [0.15, 0.2) is 95.4 Å². The zero-order valence-electron chi connectivity index (χ0n) is 25.3. The van der Waals surface area contributed by atoms with Crippen LogP contribution in [-0.2, 0) is 10.8 Å². The number of anilines is 2. The zero-order chi connectivity index (χ0) is 27.9. The Morgan fingerprint density at radius 1 is 0.667 bits per heavy atom. The van der Waals surface area contributed by atoms with Crippen LogP contribution in [0, 0.1) is 0 Å². The molecule has 1 aliphatic carbocycles. The van der Waals surface area contributed by atoms with Crippen molar-refractivity contribution in [3.8, 4) is 0 Å². The number of benzene rings is 2. The maximum atomic E-state index is 2.56. The maximum Gasteiger partial charge on any atom is 0.206 e. The molecule has 2 heterocycles. The Morgan fingerprint density at radius 3 is 1.46 bits per heavy atom. The van der Waals surface area contributed by atoms with Crippen LogP contribution in [0.1, 0.15) is 71.9 Å². The molecular formula is C36H46N3+. The second kappa shape index (κ2) is 10.3. The van der Waals surface area contributed by atoms with Crippen LogP contribution in [0.5, 0.6) is 0 Å². The van der Waals surface area contributed by atoms with E-state index in [4.69, 9.17) is 0 Å². The van der Waals surface area contributed by atoms with Crippen LogP contribution < -0.4 is 9.80 Å². The normalized spacial score (nSPS) is 23.7. The van der Waals surface area contributed by atoms with Crippen molar-refractivity contribution in [2.24, 2.45) is 0 Å². The molecule has 5 rings (SSSR count). The Balaban J connectivity index is 1.56. The first-order valence-corrected chi connectivity index (χ1v) is 14.7. The number of allylic oxidation sites excluding steroid dienone is 8. The van der Waals surface area contributed by atoms with Gasteiger partial charge in [-0.05, 0) is 68.5 Å². The fourth-order valence-electron chi connectivity index (χ4n) is 7.15. The topological polar surface area (TPSA) is 9.49 Å². The molecule has 0 amide bonds. The lowest BCUT2D eigenvalue weighted by molar-refractivity contribution is -0.520. The summed E-state index contributed by atoms with van der Waals surface area (Å²) >= 11 is 0. The van der Waals surface area contributed by atoms with Crippen LogP contribution in [0.25, 0.3) is 0 Å². The summed E-state index contributed by atoms with van der Waals surface area (Å²) in [6.07, 6.45) is 13.1.